The third kappa shape index (κ3) is 3.05. The van der Waals surface area contributed by atoms with E-state index in [1.54, 1.807) is 0 Å². The fraction of sp³-hybridized carbons (Fsp3) is 0.391. The normalized spacial score (nSPS) is 25.7. The number of amides is 1. The minimum Gasteiger partial charge on any atom is -0.489 e. The number of hydrogen-bond acceptors (Lipinski definition) is 3. The molecular formula is C23H25NO4. The van der Waals surface area contributed by atoms with Crippen molar-refractivity contribution in [3.8, 4) is 5.75 Å². The Morgan fingerprint density at radius 2 is 1.82 bits per heavy atom. The van der Waals surface area contributed by atoms with E-state index in [1.807, 2.05) is 66.4 Å². The van der Waals surface area contributed by atoms with Gasteiger partial charge in [-0.2, -0.15) is 0 Å². The summed E-state index contributed by atoms with van der Waals surface area (Å²) in [7, 11) is 0. The molecule has 2 aliphatic rings. The Kier molecular flexibility index (Phi) is 4.84. The van der Waals surface area contributed by atoms with E-state index in [2.05, 4.69) is 0 Å². The first-order chi connectivity index (χ1) is 13.5. The van der Waals surface area contributed by atoms with Crippen molar-refractivity contribution in [1.82, 2.24) is 4.90 Å². The molecule has 5 heteroatoms. The highest BCUT2D eigenvalue weighted by Crippen LogP contribution is 2.52. The van der Waals surface area contributed by atoms with Gasteiger partial charge in [-0.1, -0.05) is 37.3 Å². The van der Waals surface area contributed by atoms with Gasteiger partial charge in [-0.3, -0.25) is 9.59 Å². The van der Waals surface area contributed by atoms with Crippen molar-refractivity contribution in [2.24, 2.45) is 5.41 Å². The molecule has 2 fully saturated rings. The topological polar surface area (TPSA) is 66.8 Å². The molecule has 0 radical (unpaired) electrons. The number of carbonyl (C=O) groups excluding carboxylic acids is 1. The van der Waals surface area contributed by atoms with E-state index in [1.165, 1.54) is 0 Å². The Labute approximate surface area is 164 Å². The van der Waals surface area contributed by atoms with Gasteiger partial charge in [-0.05, 0) is 55.5 Å². The summed E-state index contributed by atoms with van der Waals surface area (Å²) >= 11 is 0. The summed E-state index contributed by atoms with van der Waals surface area (Å²) in [5, 5.41) is 9.79. The van der Waals surface area contributed by atoms with Crippen molar-refractivity contribution < 1.29 is 19.4 Å². The van der Waals surface area contributed by atoms with Crippen LogP contribution in [0.5, 0.6) is 5.75 Å². The van der Waals surface area contributed by atoms with Gasteiger partial charge in [0.2, 0.25) is 0 Å². The highest BCUT2D eigenvalue weighted by atomic mass is 16.5. The number of carbonyl (C=O) groups is 2. The summed E-state index contributed by atoms with van der Waals surface area (Å²) < 4.78 is 5.74. The van der Waals surface area contributed by atoms with Crippen LogP contribution in [0.15, 0.2) is 54.6 Å². The Morgan fingerprint density at radius 3 is 2.43 bits per heavy atom. The molecule has 2 aromatic carbocycles. The lowest BCUT2D eigenvalue weighted by Gasteiger charge is -2.32. The molecule has 1 amide bonds. The van der Waals surface area contributed by atoms with Crippen molar-refractivity contribution in [2.45, 2.75) is 51.3 Å². The Balaban J connectivity index is 1.46. The van der Waals surface area contributed by atoms with Gasteiger partial charge in [0.25, 0.3) is 5.91 Å². The molecular weight excluding hydrogens is 354 g/mol. The molecule has 2 heterocycles. The first-order valence-corrected chi connectivity index (χ1v) is 9.88. The molecule has 2 aromatic rings. The third-order valence-electron chi connectivity index (χ3n) is 6.38. The van der Waals surface area contributed by atoms with Gasteiger partial charge >= 0.3 is 5.97 Å². The number of hydrogen-bond donors (Lipinski definition) is 1. The molecule has 4 rings (SSSR count). The van der Waals surface area contributed by atoms with Crippen molar-refractivity contribution in [1.29, 1.82) is 0 Å². The van der Waals surface area contributed by atoms with Crippen LogP contribution in [0.3, 0.4) is 0 Å². The number of para-hydroxylation sites is 1. The fourth-order valence-corrected chi connectivity index (χ4v) is 4.83. The van der Waals surface area contributed by atoms with Gasteiger partial charge in [0.1, 0.15) is 12.4 Å². The summed E-state index contributed by atoms with van der Waals surface area (Å²) in [4.78, 5) is 26.9. The fourth-order valence-electron chi connectivity index (χ4n) is 4.83. The van der Waals surface area contributed by atoms with Crippen molar-refractivity contribution in [3.63, 3.8) is 0 Å². The van der Waals surface area contributed by atoms with E-state index in [0.717, 1.165) is 24.2 Å². The molecule has 3 atom stereocenters. The van der Waals surface area contributed by atoms with Crippen LogP contribution in [0.1, 0.15) is 48.5 Å². The van der Waals surface area contributed by atoms with Gasteiger partial charge < -0.3 is 14.7 Å². The second kappa shape index (κ2) is 7.30. The van der Waals surface area contributed by atoms with Crippen molar-refractivity contribution >= 4 is 11.9 Å². The summed E-state index contributed by atoms with van der Waals surface area (Å²) in [6, 6.07) is 16.9. The summed E-state index contributed by atoms with van der Waals surface area (Å²) in [6.07, 6.45) is 2.80. The molecule has 0 aliphatic carbocycles. The van der Waals surface area contributed by atoms with Gasteiger partial charge in [-0.25, -0.2) is 0 Å². The lowest BCUT2D eigenvalue weighted by atomic mass is 9.72. The molecule has 0 unspecified atom stereocenters. The zero-order valence-electron chi connectivity index (χ0n) is 16.0. The molecule has 0 saturated carbocycles. The largest absolute Gasteiger partial charge is 0.489 e. The van der Waals surface area contributed by atoms with E-state index in [-0.39, 0.29) is 18.0 Å². The average Bonchev–Trinajstić information content (AvgIpc) is 3.29. The van der Waals surface area contributed by atoms with E-state index in [4.69, 9.17) is 4.74 Å². The average molecular weight is 379 g/mol. The lowest BCUT2D eigenvalue weighted by molar-refractivity contribution is -0.151. The first kappa shape index (κ1) is 18.5. The summed E-state index contributed by atoms with van der Waals surface area (Å²) in [6.45, 7) is 2.35. The molecule has 146 valence electrons. The molecule has 0 aromatic heterocycles. The maximum Gasteiger partial charge on any atom is 0.311 e. The third-order valence-corrected chi connectivity index (χ3v) is 6.38. The Morgan fingerprint density at radius 1 is 1.11 bits per heavy atom. The first-order valence-electron chi connectivity index (χ1n) is 9.88. The van der Waals surface area contributed by atoms with Gasteiger partial charge in [0, 0.05) is 17.6 Å². The summed E-state index contributed by atoms with van der Waals surface area (Å²) in [5.41, 5.74) is 0.804. The van der Waals surface area contributed by atoms with Crippen molar-refractivity contribution in [3.05, 3.63) is 65.7 Å². The van der Waals surface area contributed by atoms with Crippen LogP contribution in [0.4, 0.5) is 0 Å². The minimum absolute atomic E-state index is 0.0367. The van der Waals surface area contributed by atoms with Gasteiger partial charge in [0.05, 0.1) is 5.41 Å². The number of fused-ring (bicyclic) bond motifs is 2. The molecule has 28 heavy (non-hydrogen) atoms. The number of ether oxygens (including phenoxy) is 1. The number of carboxylic acids is 1. The molecule has 1 N–H and O–H groups in total. The lowest BCUT2D eigenvalue weighted by Crippen LogP contribution is -2.44. The van der Waals surface area contributed by atoms with Crippen LogP contribution in [-0.2, 0) is 11.4 Å². The van der Waals surface area contributed by atoms with Crippen LogP contribution in [0.25, 0.3) is 0 Å². The molecule has 2 aliphatic heterocycles. The SMILES string of the molecule is CC[C@@]1(C(=O)O)C[C@@H]2CC[C@H]1N2C(=O)c1ccc(COc2ccccc2)cc1. The number of carboxylic acid groups (broad SMARTS) is 1. The molecule has 2 saturated heterocycles. The Bertz CT molecular complexity index is 864. The highest BCUT2D eigenvalue weighted by molar-refractivity contribution is 5.96. The minimum atomic E-state index is -0.790. The predicted molar refractivity (Wildman–Crippen MR) is 105 cm³/mol. The number of benzene rings is 2. The predicted octanol–water partition coefficient (Wildman–Crippen LogP) is 4.12. The zero-order chi connectivity index (χ0) is 19.7. The molecule has 2 bridgehead atoms. The van der Waals surface area contributed by atoms with Crippen LogP contribution < -0.4 is 4.74 Å². The van der Waals surface area contributed by atoms with Crippen LogP contribution in [0, 0.1) is 5.41 Å². The molecule has 5 nitrogen and oxygen atoms in total. The second-order valence-electron chi connectivity index (χ2n) is 7.78. The second-order valence-corrected chi connectivity index (χ2v) is 7.78. The van der Waals surface area contributed by atoms with E-state index in [9.17, 15) is 14.7 Å². The Hall–Kier alpha value is -2.82. The van der Waals surface area contributed by atoms with Crippen molar-refractivity contribution in [2.75, 3.05) is 0 Å². The van der Waals surface area contributed by atoms with E-state index in [0.29, 0.717) is 25.0 Å². The number of nitrogens with zero attached hydrogens (tertiary/aromatic N) is 1. The number of rotatable bonds is 6. The van der Waals surface area contributed by atoms with Crippen LogP contribution in [0.2, 0.25) is 0 Å². The quantitative estimate of drug-likeness (QED) is 0.820. The van der Waals surface area contributed by atoms with Gasteiger partial charge in [-0.15, -0.1) is 0 Å². The smallest absolute Gasteiger partial charge is 0.311 e. The monoisotopic (exact) mass is 379 g/mol. The maximum atomic E-state index is 13.1. The standard InChI is InChI=1S/C23H25NO4/c1-2-23(22(26)27)14-18-12-13-20(23)24(18)21(25)17-10-8-16(9-11-17)15-28-19-6-4-3-5-7-19/h3-11,18,20H,2,12-15H2,1H3,(H,26,27)/t18-,20+,23+/m0/s1. The van der Waals surface area contributed by atoms with Gasteiger partial charge in [0.15, 0.2) is 0 Å². The zero-order valence-corrected chi connectivity index (χ0v) is 16.0. The van der Waals surface area contributed by atoms with Crippen LogP contribution >= 0.6 is 0 Å². The summed E-state index contributed by atoms with van der Waals surface area (Å²) in [5.74, 6) is -0.0196. The maximum absolute atomic E-state index is 13.1. The van der Waals surface area contributed by atoms with Crippen LogP contribution in [-0.4, -0.2) is 34.0 Å². The highest BCUT2D eigenvalue weighted by Gasteiger charge is 2.60. The van der Waals surface area contributed by atoms with E-state index >= 15 is 0 Å². The molecule has 0 spiro atoms. The number of aliphatic carboxylic acids is 1. The van der Waals surface area contributed by atoms with E-state index < -0.39 is 11.4 Å².